The van der Waals surface area contributed by atoms with Gasteiger partial charge in [-0.2, -0.15) is 0 Å². The third-order valence-corrected chi connectivity index (χ3v) is 5.31. The molecule has 1 saturated heterocycles. The number of nitrogens with one attached hydrogen (secondary N) is 1. The van der Waals surface area contributed by atoms with Crippen LogP contribution in [0, 0.1) is 6.92 Å². The van der Waals surface area contributed by atoms with Crippen LogP contribution >= 0.6 is 0 Å². The van der Waals surface area contributed by atoms with E-state index in [1.807, 2.05) is 43.3 Å². The van der Waals surface area contributed by atoms with Gasteiger partial charge in [-0.3, -0.25) is 4.79 Å². The van der Waals surface area contributed by atoms with E-state index < -0.39 is 0 Å². The topological polar surface area (TPSA) is 74.5 Å². The molecule has 0 radical (unpaired) electrons. The average molecular weight is 406 g/mol. The number of rotatable bonds is 6. The number of pyridine rings is 1. The summed E-state index contributed by atoms with van der Waals surface area (Å²) in [6, 6.07) is 11.9. The minimum Gasteiger partial charge on any atom is -0.441 e. The van der Waals surface area contributed by atoms with Crippen LogP contribution in [0.1, 0.15) is 17.9 Å². The Hall–Kier alpha value is -3.19. The van der Waals surface area contributed by atoms with Crippen molar-refractivity contribution >= 4 is 17.4 Å². The molecule has 3 heterocycles. The van der Waals surface area contributed by atoms with Gasteiger partial charge in [-0.15, -0.1) is 0 Å². The van der Waals surface area contributed by atoms with Crippen molar-refractivity contribution in [1.29, 1.82) is 0 Å². The average Bonchev–Trinajstić information content (AvgIpc) is 3.23. The van der Waals surface area contributed by atoms with Crippen LogP contribution in [0.15, 0.2) is 53.2 Å². The first-order valence-electron chi connectivity index (χ1n) is 10.3. The number of hydrogen-bond donors (Lipinski definition) is 1. The Labute approximate surface area is 176 Å². The Balaban J connectivity index is 1.27. The Bertz CT molecular complexity index is 974. The van der Waals surface area contributed by atoms with Crippen LogP contribution in [0.2, 0.25) is 0 Å². The molecule has 1 fully saturated rings. The summed E-state index contributed by atoms with van der Waals surface area (Å²) < 4.78 is 5.79. The van der Waals surface area contributed by atoms with Crippen molar-refractivity contribution in [3.8, 4) is 11.3 Å². The van der Waals surface area contributed by atoms with Gasteiger partial charge in [0.25, 0.3) is 0 Å². The van der Waals surface area contributed by atoms with Crippen molar-refractivity contribution < 1.29 is 9.21 Å². The van der Waals surface area contributed by atoms with E-state index in [1.54, 1.807) is 12.4 Å². The second-order valence-electron chi connectivity index (χ2n) is 7.73. The number of oxazole rings is 1. The Kier molecular flexibility index (Phi) is 6.09. The first-order chi connectivity index (χ1) is 14.6. The lowest BCUT2D eigenvalue weighted by molar-refractivity contribution is -0.116. The first-order valence-corrected chi connectivity index (χ1v) is 10.3. The molecule has 7 nitrogen and oxygen atoms in total. The van der Waals surface area contributed by atoms with Gasteiger partial charge in [0.05, 0.1) is 18.1 Å². The van der Waals surface area contributed by atoms with Gasteiger partial charge in [-0.1, -0.05) is 29.8 Å². The molecular formula is C23H27N5O2. The van der Waals surface area contributed by atoms with Crippen LogP contribution in [-0.2, 0) is 11.2 Å². The van der Waals surface area contributed by atoms with E-state index in [9.17, 15) is 4.79 Å². The van der Waals surface area contributed by atoms with Crippen LogP contribution < -0.4 is 10.2 Å². The summed E-state index contributed by atoms with van der Waals surface area (Å²) in [6.45, 7) is 6.05. The second-order valence-corrected chi connectivity index (χ2v) is 7.73. The molecule has 0 spiro atoms. The molecule has 1 aliphatic heterocycles. The number of anilines is 2. The van der Waals surface area contributed by atoms with Crippen LogP contribution in [-0.4, -0.2) is 54.0 Å². The number of likely N-dealkylation sites (N-methyl/N-ethyl adjacent to an activating group) is 1. The number of aromatic nitrogens is 2. The molecular weight excluding hydrogens is 378 g/mol. The van der Waals surface area contributed by atoms with E-state index in [0.717, 1.165) is 37.6 Å². The number of carbonyl (C=O) groups is 1. The highest BCUT2D eigenvalue weighted by molar-refractivity contribution is 5.90. The van der Waals surface area contributed by atoms with Crippen molar-refractivity contribution in [2.75, 3.05) is 43.4 Å². The van der Waals surface area contributed by atoms with Gasteiger partial charge in [0.1, 0.15) is 5.82 Å². The zero-order chi connectivity index (χ0) is 20.9. The maximum atomic E-state index is 12.3. The molecule has 0 aliphatic carbocycles. The van der Waals surface area contributed by atoms with Crippen LogP contribution in [0.3, 0.4) is 0 Å². The molecule has 0 saturated carbocycles. The number of amides is 1. The van der Waals surface area contributed by atoms with Gasteiger partial charge in [0.2, 0.25) is 5.91 Å². The minimum atomic E-state index is -0.0840. The third-order valence-electron chi connectivity index (χ3n) is 5.31. The standard InChI is InChI=1S/C23H27N5O2/c1-17-3-5-18(6-4-17)20-16-25-23(30-20)10-9-22(29)26-19-7-8-21(24-15-19)28-13-11-27(2)12-14-28/h3-8,15-16H,9-14H2,1-2H3,(H,26,29). The molecule has 2 aromatic heterocycles. The predicted octanol–water partition coefficient (Wildman–Crippen LogP) is 3.37. The molecule has 0 unspecified atom stereocenters. The monoisotopic (exact) mass is 405 g/mol. The predicted molar refractivity (Wildman–Crippen MR) is 118 cm³/mol. The van der Waals surface area contributed by atoms with E-state index in [4.69, 9.17) is 4.42 Å². The summed E-state index contributed by atoms with van der Waals surface area (Å²) in [5, 5.41) is 2.90. The zero-order valence-corrected chi connectivity index (χ0v) is 17.5. The molecule has 4 rings (SSSR count). The number of hydrogen-bond acceptors (Lipinski definition) is 6. The van der Waals surface area contributed by atoms with Crippen molar-refractivity contribution in [3.05, 3.63) is 60.2 Å². The number of aryl methyl sites for hydroxylation is 2. The Morgan fingerprint density at radius 2 is 1.80 bits per heavy atom. The number of piperazine rings is 1. The molecule has 30 heavy (non-hydrogen) atoms. The van der Waals surface area contributed by atoms with Crippen molar-refractivity contribution in [3.63, 3.8) is 0 Å². The van der Waals surface area contributed by atoms with Crippen molar-refractivity contribution in [2.45, 2.75) is 19.8 Å². The maximum Gasteiger partial charge on any atom is 0.224 e. The smallest absolute Gasteiger partial charge is 0.224 e. The van der Waals surface area contributed by atoms with Gasteiger partial charge < -0.3 is 19.5 Å². The molecule has 1 aromatic carbocycles. The minimum absolute atomic E-state index is 0.0840. The van der Waals surface area contributed by atoms with Crippen LogP contribution in [0.5, 0.6) is 0 Å². The van der Waals surface area contributed by atoms with Gasteiger partial charge in [-0.25, -0.2) is 9.97 Å². The maximum absolute atomic E-state index is 12.3. The third kappa shape index (κ3) is 5.04. The fourth-order valence-corrected chi connectivity index (χ4v) is 3.40. The zero-order valence-electron chi connectivity index (χ0n) is 17.5. The molecule has 0 atom stereocenters. The summed E-state index contributed by atoms with van der Waals surface area (Å²) in [7, 11) is 2.13. The molecule has 156 valence electrons. The van der Waals surface area contributed by atoms with E-state index in [2.05, 4.69) is 32.1 Å². The highest BCUT2D eigenvalue weighted by Crippen LogP contribution is 2.21. The van der Waals surface area contributed by atoms with E-state index in [0.29, 0.717) is 30.2 Å². The molecule has 7 heteroatoms. The summed E-state index contributed by atoms with van der Waals surface area (Å²) >= 11 is 0. The molecule has 1 amide bonds. The Morgan fingerprint density at radius 1 is 1.03 bits per heavy atom. The van der Waals surface area contributed by atoms with Gasteiger partial charge >= 0.3 is 0 Å². The highest BCUT2D eigenvalue weighted by atomic mass is 16.4. The van der Waals surface area contributed by atoms with Crippen molar-refractivity contribution in [1.82, 2.24) is 14.9 Å². The summed E-state index contributed by atoms with van der Waals surface area (Å²) in [4.78, 5) is 25.7. The van der Waals surface area contributed by atoms with Crippen LogP contribution in [0.25, 0.3) is 11.3 Å². The molecule has 3 aromatic rings. The molecule has 1 N–H and O–H groups in total. The van der Waals surface area contributed by atoms with Gasteiger partial charge in [0, 0.05) is 44.6 Å². The summed E-state index contributed by atoms with van der Waals surface area (Å²) in [5.74, 6) is 2.14. The second kappa shape index (κ2) is 9.09. The Morgan fingerprint density at radius 3 is 2.50 bits per heavy atom. The lowest BCUT2D eigenvalue weighted by Crippen LogP contribution is -2.44. The normalized spacial score (nSPS) is 14.7. The summed E-state index contributed by atoms with van der Waals surface area (Å²) in [5.41, 5.74) is 2.88. The number of carbonyl (C=O) groups excluding carboxylic acids is 1. The van der Waals surface area contributed by atoms with Gasteiger partial charge in [-0.05, 0) is 26.1 Å². The first kappa shape index (κ1) is 20.1. The molecule has 1 aliphatic rings. The lowest BCUT2D eigenvalue weighted by Gasteiger charge is -2.33. The fraction of sp³-hybridized carbons (Fsp3) is 0.348. The summed E-state index contributed by atoms with van der Waals surface area (Å²) in [6.07, 6.45) is 4.17. The van der Waals surface area contributed by atoms with Crippen LogP contribution in [0.4, 0.5) is 11.5 Å². The largest absolute Gasteiger partial charge is 0.441 e. The SMILES string of the molecule is Cc1ccc(-c2cnc(CCC(=O)Nc3ccc(N4CCN(C)CC4)nc3)o2)cc1. The highest BCUT2D eigenvalue weighted by Gasteiger charge is 2.15. The molecule has 0 bridgehead atoms. The van der Waals surface area contributed by atoms with Gasteiger partial charge in [0.15, 0.2) is 11.7 Å². The van der Waals surface area contributed by atoms with Crippen molar-refractivity contribution in [2.24, 2.45) is 0 Å². The van der Waals surface area contributed by atoms with E-state index in [-0.39, 0.29) is 5.91 Å². The number of benzene rings is 1. The number of nitrogens with zero attached hydrogens (tertiary/aromatic N) is 4. The van der Waals surface area contributed by atoms with E-state index >= 15 is 0 Å². The fourth-order valence-electron chi connectivity index (χ4n) is 3.40. The quantitative estimate of drug-likeness (QED) is 0.678. The van der Waals surface area contributed by atoms with E-state index in [1.165, 1.54) is 5.56 Å². The lowest BCUT2D eigenvalue weighted by atomic mass is 10.1.